The first-order valence-corrected chi connectivity index (χ1v) is 13.7. The second kappa shape index (κ2) is 9.94. The molecule has 3 aromatic carbocycles. The molecule has 1 fully saturated rings. The minimum absolute atomic E-state index is 0.000128. The molecule has 4 aromatic rings. The molecule has 1 aromatic heterocycles. The van der Waals surface area contributed by atoms with E-state index in [1.807, 2.05) is 0 Å². The number of fused-ring (bicyclic) bond motifs is 1. The molecular formula is C26H19BrClNO7S. The third-order valence-electron chi connectivity index (χ3n) is 6.06. The zero-order chi connectivity index (χ0) is 26.3. The van der Waals surface area contributed by atoms with Crippen LogP contribution in [0.2, 0.25) is 5.02 Å². The van der Waals surface area contributed by atoms with Crippen LogP contribution < -0.4 is 10.2 Å². The number of carbonyl (C=O) groups is 1. The summed E-state index contributed by atoms with van der Waals surface area (Å²) in [5.74, 6) is -0.776. The average molecular weight is 605 g/mol. The van der Waals surface area contributed by atoms with Crippen molar-refractivity contribution in [3.63, 3.8) is 0 Å². The van der Waals surface area contributed by atoms with E-state index < -0.39 is 28.1 Å². The van der Waals surface area contributed by atoms with Crippen LogP contribution >= 0.6 is 27.5 Å². The molecule has 190 valence electrons. The minimum Gasteiger partial charge on any atom is -0.488 e. The van der Waals surface area contributed by atoms with Crippen molar-refractivity contribution in [2.45, 2.75) is 23.5 Å². The van der Waals surface area contributed by atoms with Crippen LogP contribution in [0.15, 0.2) is 91.4 Å². The molecule has 1 aliphatic heterocycles. The van der Waals surface area contributed by atoms with Crippen LogP contribution in [0, 0.1) is 0 Å². The van der Waals surface area contributed by atoms with E-state index >= 15 is 0 Å². The highest BCUT2D eigenvalue weighted by Gasteiger charge is 2.45. The lowest BCUT2D eigenvalue weighted by Crippen LogP contribution is -2.40. The molecule has 1 saturated heterocycles. The molecule has 37 heavy (non-hydrogen) atoms. The van der Waals surface area contributed by atoms with Gasteiger partial charge in [0.1, 0.15) is 23.7 Å². The van der Waals surface area contributed by atoms with Crippen LogP contribution in [0.3, 0.4) is 0 Å². The number of hydrogen-bond donors (Lipinski definition) is 1. The van der Waals surface area contributed by atoms with E-state index in [4.69, 9.17) is 20.8 Å². The van der Waals surface area contributed by atoms with Crippen molar-refractivity contribution in [1.82, 2.24) is 4.31 Å². The molecule has 1 N–H and O–H groups in total. The van der Waals surface area contributed by atoms with Gasteiger partial charge in [-0.05, 0) is 42.5 Å². The Morgan fingerprint density at radius 3 is 2.57 bits per heavy atom. The Morgan fingerprint density at radius 1 is 1.08 bits per heavy atom. The van der Waals surface area contributed by atoms with Gasteiger partial charge < -0.3 is 14.3 Å². The second-order valence-electron chi connectivity index (χ2n) is 8.45. The number of nitrogens with zero attached hydrogens (tertiary/aromatic N) is 1. The Morgan fingerprint density at radius 2 is 1.84 bits per heavy atom. The maximum absolute atomic E-state index is 13.2. The van der Waals surface area contributed by atoms with E-state index in [1.54, 1.807) is 54.6 Å². The predicted octanol–water partition coefficient (Wildman–Crippen LogP) is 5.17. The number of aliphatic carboxylic acids is 1. The van der Waals surface area contributed by atoms with Gasteiger partial charge in [-0.1, -0.05) is 51.8 Å². The molecule has 0 spiro atoms. The molecule has 0 radical (unpaired) electrons. The summed E-state index contributed by atoms with van der Waals surface area (Å²) in [6.07, 6.45) is -0.843. The molecule has 0 unspecified atom stereocenters. The minimum atomic E-state index is -4.07. The Kier molecular flexibility index (Phi) is 6.84. The van der Waals surface area contributed by atoms with Crippen molar-refractivity contribution >= 4 is 54.5 Å². The largest absolute Gasteiger partial charge is 0.488 e. The number of rotatable bonds is 6. The molecule has 5 rings (SSSR count). The van der Waals surface area contributed by atoms with Crippen LogP contribution in [0.5, 0.6) is 5.75 Å². The highest BCUT2D eigenvalue weighted by molar-refractivity contribution is 9.10. The number of para-hydroxylation sites is 1. The number of sulfonamides is 1. The SMILES string of the molecule is O=C(O)[C@@H]1C[C@H](Oc2cc(Br)ccc2-c2cc(=O)c3cccc(Cl)c3o2)CN1S(=O)(=O)c1ccccc1. The molecule has 0 saturated carbocycles. The summed E-state index contributed by atoms with van der Waals surface area (Å²) in [5.41, 5.74) is 0.366. The number of halogens is 2. The molecule has 8 nitrogen and oxygen atoms in total. The summed E-state index contributed by atoms with van der Waals surface area (Å²) >= 11 is 9.66. The summed E-state index contributed by atoms with van der Waals surface area (Å²) in [6, 6.07) is 17.6. The van der Waals surface area contributed by atoms with Crippen molar-refractivity contribution in [3.8, 4) is 17.1 Å². The molecule has 2 heterocycles. The van der Waals surface area contributed by atoms with Crippen LogP contribution in [-0.4, -0.2) is 42.5 Å². The molecule has 1 aliphatic rings. The van der Waals surface area contributed by atoms with E-state index in [0.717, 1.165) is 4.31 Å². The maximum Gasteiger partial charge on any atom is 0.322 e. The number of hydrogen-bond acceptors (Lipinski definition) is 6. The van der Waals surface area contributed by atoms with Crippen molar-refractivity contribution in [2.24, 2.45) is 0 Å². The number of carboxylic acid groups (broad SMARTS) is 1. The van der Waals surface area contributed by atoms with Gasteiger partial charge in [0, 0.05) is 17.0 Å². The molecular weight excluding hydrogens is 586 g/mol. The normalized spacial score (nSPS) is 18.2. The lowest BCUT2D eigenvalue weighted by atomic mass is 10.1. The van der Waals surface area contributed by atoms with Crippen molar-refractivity contribution in [3.05, 3.63) is 92.5 Å². The fraction of sp³-hybridized carbons (Fsp3) is 0.154. The Balaban J connectivity index is 1.51. The Bertz CT molecular complexity index is 1670. The number of carboxylic acids is 1. The smallest absolute Gasteiger partial charge is 0.322 e. The first kappa shape index (κ1) is 25.5. The lowest BCUT2D eigenvalue weighted by molar-refractivity contribution is -0.140. The van der Waals surface area contributed by atoms with Crippen LogP contribution in [0.25, 0.3) is 22.3 Å². The Labute approximate surface area is 225 Å². The zero-order valence-electron chi connectivity index (χ0n) is 19.0. The predicted molar refractivity (Wildman–Crippen MR) is 141 cm³/mol. The van der Waals surface area contributed by atoms with Gasteiger partial charge in [-0.15, -0.1) is 0 Å². The monoisotopic (exact) mass is 603 g/mol. The van der Waals surface area contributed by atoms with Crippen LogP contribution in [-0.2, 0) is 14.8 Å². The Hall–Kier alpha value is -3.18. The van der Waals surface area contributed by atoms with E-state index in [1.165, 1.54) is 18.2 Å². The first-order chi connectivity index (χ1) is 17.6. The second-order valence-corrected chi connectivity index (χ2v) is 11.7. The summed E-state index contributed by atoms with van der Waals surface area (Å²) in [5, 5.41) is 10.4. The molecule has 2 atom stereocenters. The van der Waals surface area contributed by atoms with Gasteiger partial charge >= 0.3 is 5.97 Å². The standard InChI is InChI=1S/C26H19BrClNO7S/c27-15-9-10-19(24-13-22(30)18-7-4-8-20(28)25(18)36-24)23(11-15)35-16-12-21(26(31)32)29(14-16)37(33,34)17-5-2-1-3-6-17/h1-11,13,16,21H,12,14H2,(H,31,32)/t16-,21-/m0/s1. The topological polar surface area (TPSA) is 114 Å². The van der Waals surface area contributed by atoms with Gasteiger partial charge in [0.2, 0.25) is 10.0 Å². The van der Waals surface area contributed by atoms with Gasteiger partial charge in [0.25, 0.3) is 0 Å². The third-order valence-corrected chi connectivity index (χ3v) is 8.74. The van der Waals surface area contributed by atoms with Crippen molar-refractivity contribution in [1.29, 1.82) is 0 Å². The summed E-state index contributed by atoms with van der Waals surface area (Å²) < 4.78 is 40.2. The van der Waals surface area contributed by atoms with Crippen molar-refractivity contribution in [2.75, 3.05) is 6.54 Å². The fourth-order valence-electron chi connectivity index (χ4n) is 4.32. The first-order valence-electron chi connectivity index (χ1n) is 11.1. The summed E-state index contributed by atoms with van der Waals surface area (Å²) in [7, 11) is -4.07. The molecule has 0 aliphatic carbocycles. The average Bonchev–Trinajstić information content (AvgIpc) is 3.30. The van der Waals surface area contributed by atoms with E-state index in [0.29, 0.717) is 15.4 Å². The zero-order valence-corrected chi connectivity index (χ0v) is 22.2. The van der Waals surface area contributed by atoms with Gasteiger partial charge in [-0.3, -0.25) is 9.59 Å². The van der Waals surface area contributed by atoms with Crippen LogP contribution in [0.4, 0.5) is 0 Å². The quantitative estimate of drug-likeness (QED) is 0.323. The fourth-order valence-corrected chi connectivity index (χ4v) is 6.52. The van der Waals surface area contributed by atoms with E-state index in [2.05, 4.69) is 15.9 Å². The van der Waals surface area contributed by atoms with E-state index in [9.17, 15) is 23.1 Å². The van der Waals surface area contributed by atoms with E-state index in [-0.39, 0.29) is 45.4 Å². The molecule has 0 amide bonds. The number of ether oxygens (including phenoxy) is 1. The number of benzene rings is 3. The van der Waals surface area contributed by atoms with Gasteiger partial charge in [0.15, 0.2) is 11.0 Å². The molecule has 0 bridgehead atoms. The maximum atomic E-state index is 13.2. The molecule has 11 heteroatoms. The highest BCUT2D eigenvalue weighted by Crippen LogP contribution is 2.37. The lowest BCUT2D eigenvalue weighted by Gasteiger charge is -2.21. The van der Waals surface area contributed by atoms with Gasteiger partial charge in [-0.2, -0.15) is 4.31 Å². The highest BCUT2D eigenvalue weighted by atomic mass is 79.9. The van der Waals surface area contributed by atoms with Gasteiger partial charge in [-0.25, -0.2) is 8.42 Å². The summed E-state index contributed by atoms with van der Waals surface area (Å²) in [4.78, 5) is 24.7. The third kappa shape index (κ3) is 4.89. The van der Waals surface area contributed by atoms with Gasteiger partial charge in [0.05, 0.1) is 27.4 Å². The van der Waals surface area contributed by atoms with Crippen LogP contribution in [0.1, 0.15) is 6.42 Å². The summed E-state index contributed by atoms with van der Waals surface area (Å²) in [6.45, 7) is -0.173. The van der Waals surface area contributed by atoms with Crippen molar-refractivity contribution < 1.29 is 27.5 Å².